The molecule has 0 bridgehead atoms. The Morgan fingerprint density at radius 1 is 1.35 bits per heavy atom. The molecule has 1 aromatic heterocycles. The van der Waals surface area contributed by atoms with Crippen LogP contribution in [0.4, 0.5) is 0 Å². The fraction of sp³-hybridized carbons (Fsp3) is 0.769. The molecule has 1 saturated carbocycles. The average molecular weight is 234 g/mol. The lowest BCUT2D eigenvalue weighted by Gasteiger charge is -2.33. The summed E-state index contributed by atoms with van der Waals surface area (Å²) in [5.41, 5.74) is 1.19. The molecule has 1 unspecified atom stereocenters. The van der Waals surface area contributed by atoms with Crippen molar-refractivity contribution in [2.24, 2.45) is 0 Å². The van der Waals surface area contributed by atoms with Crippen LogP contribution in [0.3, 0.4) is 0 Å². The molecule has 0 aromatic carbocycles. The van der Waals surface area contributed by atoms with Gasteiger partial charge in [0.15, 0.2) is 0 Å². The van der Waals surface area contributed by atoms with Gasteiger partial charge in [-0.25, -0.2) is 0 Å². The molecule has 2 N–H and O–H groups in total. The topological polar surface area (TPSA) is 44.0 Å². The van der Waals surface area contributed by atoms with Gasteiger partial charge in [0.2, 0.25) is 0 Å². The Bertz CT molecular complexity index is 336. The standard InChI is InChI=1S/C13H22N4/c1-10(13-4-7-14-16-13)15-11-5-8-17(9-6-11)12-2-3-12/h4,7,10-12,15H,2-3,5-6,8-9H2,1H3,(H,14,16). The van der Waals surface area contributed by atoms with E-state index in [1.807, 2.05) is 6.20 Å². The summed E-state index contributed by atoms with van der Waals surface area (Å²) in [6.45, 7) is 4.76. The number of likely N-dealkylation sites (tertiary alicyclic amines) is 1. The van der Waals surface area contributed by atoms with Crippen LogP contribution >= 0.6 is 0 Å². The van der Waals surface area contributed by atoms with Crippen LogP contribution in [-0.2, 0) is 0 Å². The molecule has 1 aliphatic heterocycles. The lowest BCUT2D eigenvalue weighted by atomic mass is 10.0. The minimum atomic E-state index is 0.384. The number of piperidine rings is 1. The lowest BCUT2D eigenvalue weighted by Crippen LogP contribution is -2.44. The number of nitrogens with zero attached hydrogens (tertiary/aromatic N) is 2. The molecule has 4 heteroatoms. The summed E-state index contributed by atoms with van der Waals surface area (Å²) in [7, 11) is 0. The third-order valence-electron chi connectivity index (χ3n) is 4.07. The number of H-pyrrole nitrogens is 1. The summed E-state index contributed by atoms with van der Waals surface area (Å²) in [6, 6.07) is 4.04. The van der Waals surface area contributed by atoms with E-state index in [1.165, 1.54) is 44.5 Å². The van der Waals surface area contributed by atoms with Crippen molar-refractivity contribution in [1.29, 1.82) is 0 Å². The van der Waals surface area contributed by atoms with Crippen molar-refractivity contribution in [2.75, 3.05) is 13.1 Å². The summed E-state index contributed by atoms with van der Waals surface area (Å²) in [6.07, 6.45) is 7.26. The van der Waals surface area contributed by atoms with Crippen molar-refractivity contribution < 1.29 is 0 Å². The first kappa shape index (κ1) is 11.2. The number of aromatic nitrogens is 2. The lowest BCUT2D eigenvalue weighted by molar-refractivity contribution is 0.184. The molecule has 0 amide bonds. The first-order chi connectivity index (χ1) is 8.33. The molecule has 2 aliphatic rings. The Kier molecular flexibility index (Phi) is 3.16. The third-order valence-corrected chi connectivity index (χ3v) is 4.07. The van der Waals surface area contributed by atoms with E-state index in [-0.39, 0.29) is 0 Å². The average Bonchev–Trinajstić information content (AvgIpc) is 3.05. The highest BCUT2D eigenvalue weighted by Crippen LogP contribution is 2.29. The summed E-state index contributed by atoms with van der Waals surface area (Å²) < 4.78 is 0. The first-order valence-corrected chi connectivity index (χ1v) is 6.82. The Morgan fingerprint density at radius 3 is 2.71 bits per heavy atom. The fourth-order valence-electron chi connectivity index (χ4n) is 2.82. The minimum Gasteiger partial charge on any atom is -0.306 e. The van der Waals surface area contributed by atoms with Crippen LogP contribution < -0.4 is 5.32 Å². The summed E-state index contributed by atoms with van der Waals surface area (Å²) in [5, 5.41) is 10.8. The molecule has 2 fully saturated rings. The smallest absolute Gasteiger partial charge is 0.0518 e. The predicted octanol–water partition coefficient (Wildman–Crippen LogP) is 1.69. The van der Waals surface area contributed by atoms with Crippen LogP contribution in [0, 0.1) is 0 Å². The van der Waals surface area contributed by atoms with Gasteiger partial charge in [-0.15, -0.1) is 0 Å². The molecule has 2 heterocycles. The van der Waals surface area contributed by atoms with Crippen LogP contribution in [-0.4, -0.2) is 40.3 Å². The molecule has 1 saturated heterocycles. The molecular formula is C13H22N4. The van der Waals surface area contributed by atoms with Gasteiger partial charge in [0.25, 0.3) is 0 Å². The zero-order valence-electron chi connectivity index (χ0n) is 10.5. The largest absolute Gasteiger partial charge is 0.306 e. The van der Waals surface area contributed by atoms with Gasteiger partial charge in [-0.1, -0.05) is 0 Å². The summed E-state index contributed by atoms with van der Waals surface area (Å²) in [4.78, 5) is 2.67. The van der Waals surface area contributed by atoms with Gasteiger partial charge in [0, 0.05) is 24.3 Å². The molecule has 17 heavy (non-hydrogen) atoms. The molecule has 1 aromatic rings. The minimum absolute atomic E-state index is 0.384. The van der Waals surface area contributed by atoms with Crippen molar-refractivity contribution in [3.05, 3.63) is 18.0 Å². The van der Waals surface area contributed by atoms with Crippen LogP contribution in [0.25, 0.3) is 0 Å². The van der Waals surface area contributed by atoms with E-state index in [0.717, 1.165) is 6.04 Å². The highest BCUT2D eigenvalue weighted by molar-refractivity contribution is 5.03. The second kappa shape index (κ2) is 4.78. The number of aromatic amines is 1. The Morgan fingerprint density at radius 2 is 2.12 bits per heavy atom. The van der Waals surface area contributed by atoms with E-state index < -0.39 is 0 Å². The van der Waals surface area contributed by atoms with Gasteiger partial charge in [-0.3, -0.25) is 5.10 Å². The van der Waals surface area contributed by atoms with Crippen molar-refractivity contribution >= 4 is 0 Å². The van der Waals surface area contributed by atoms with Gasteiger partial charge in [0.05, 0.1) is 5.69 Å². The monoisotopic (exact) mass is 234 g/mol. The van der Waals surface area contributed by atoms with Gasteiger partial charge in [-0.2, -0.15) is 5.10 Å². The quantitative estimate of drug-likeness (QED) is 0.833. The van der Waals surface area contributed by atoms with Crippen LogP contribution in [0.2, 0.25) is 0 Å². The molecule has 94 valence electrons. The number of nitrogens with one attached hydrogen (secondary N) is 2. The number of hydrogen-bond acceptors (Lipinski definition) is 3. The number of rotatable bonds is 4. The Labute approximate surface area is 103 Å². The predicted molar refractivity (Wildman–Crippen MR) is 67.8 cm³/mol. The zero-order valence-corrected chi connectivity index (χ0v) is 10.5. The molecule has 1 aliphatic carbocycles. The van der Waals surface area contributed by atoms with Crippen LogP contribution in [0.1, 0.15) is 44.3 Å². The van der Waals surface area contributed by atoms with Crippen LogP contribution in [0.15, 0.2) is 12.3 Å². The molecular weight excluding hydrogens is 212 g/mol. The molecule has 3 rings (SSSR count). The second-order valence-electron chi connectivity index (χ2n) is 5.44. The van der Waals surface area contributed by atoms with E-state index in [4.69, 9.17) is 0 Å². The second-order valence-corrected chi connectivity index (χ2v) is 5.44. The van der Waals surface area contributed by atoms with Gasteiger partial charge < -0.3 is 10.2 Å². The maximum Gasteiger partial charge on any atom is 0.0518 e. The molecule has 0 spiro atoms. The fourth-order valence-corrected chi connectivity index (χ4v) is 2.82. The molecule has 0 radical (unpaired) electrons. The van der Waals surface area contributed by atoms with Crippen molar-refractivity contribution in [3.63, 3.8) is 0 Å². The SMILES string of the molecule is CC(NC1CCN(C2CC2)CC1)c1ccn[nH]1. The highest BCUT2D eigenvalue weighted by atomic mass is 15.2. The molecule has 1 atom stereocenters. The van der Waals surface area contributed by atoms with Crippen molar-refractivity contribution in [1.82, 2.24) is 20.4 Å². The maximum atomic E-state index is 4.01. The van der Waals surface area contributed by atoms with Gasteiger partial charge in [0.1, 0.15) is 0 Å². The van der Waals surface area contributed by atoms with Crippen molar-refractivity contribution in [3.8, 4) is 0 Å². The summed E-state index contributed by atoms with van der Waals surface area (Å²) in [5.74, 6) is 0. The maximum absolute atomic E-state index is 4.01. The van der Waals surface area contributed by atoms with E-state index in [2.05, 4.69) is 33.4 Å². The zero-order chi connectivity index (χ0) is 11.7. The van der Waals surface area contributed by atoms with E-state index in [0.29, 0.717) is 12.1 Å². The number of hydrogen-bond donors (Lipinski definition) is 2. The van der Waals surface area contributed by atoms with E-state index in [9.17, 15) is 0 Å². The van der Waals surface area contributed by atoms with Crippen LogP contribution in [0.5, 0.6) is 0 Å². The third kappa shape index (κ3) is 2.69. The van der Waals surface area contributed by atoms with E-state index in [1.54, 1.807) is 0 Å². The first-order valence-electron chi connectivity index (χ1n) is 6.82. The van der Waals surface area contributed by atoms with Gasteiger partial charge >= 0.3 is 0 Å². The molecule has 4 nitrogen and oxygen atoms in total. The summed E-state index contributed by atoms with van der Waals surface area (Å²) >= 11 is 0. The Balaban J connectivity index is 1.46. The van der Waals surface area contributed by atoms with Gasteiger partial charge in [-0.05, 0) is 51.8 Å². The Hall–Kier alpha value is -0.870. The highest BCUT2D eigenvalue weighted by Gasteiger charge is 2.31. The van der Waals surface area contributed by atoms with Crippen molar-refractivity contribution in [2.45, 2.75) is 50.7 Å². The van der Waals surface area contributed by atoms with E-state index >= 15 is 0 Å². The normalized spacial score (nSPS) is 25.0.